The summed E-state index contributed by atoms with van der Waals surface area (Å²) in [6, 6.07) is 8.44. The first-order chi connectivity index (χ1) is 13.9. The Labute approximate surface area is 170 Å². The van der Waals surface area contributed by atoms with E-state index in [2.05, 4.69) is 28.9 Å². The Balaban J connectivity index is 1.47. The van der Waals surface area contributed by atoms with E-state index >= 15 is 0 Å². The molecule has 3 atom stereocenters. The summed E-state index contributed by atoms with van der Waals surface area (Å²) < 4.78 is 38.1. The van der Waals surface area contributed by atoms with Crippen LogP contribution in [0.2, 0.25) is 0 Å². The van der Waals surface area contributed by atoms with Gasteiger partial charge in [-0.15, -0.1) is 0 Å². The molecule has 2 aliphatic heterocycles. The number of alkyl halides is 3. The Morgan fingerprint density at radius 1 is 1.07 bits per heavy atom. The summed E-state index contributed by atoms with van der Waals surface area (Å²) in [5, 5.41) is 9.98. The third kappa shape index (κ3) is 5.14. The molecule has 1 saturated carbocycles. The highest BCUT2D eigenvalue weighted by Crippen LogP contribution is 2.42. The minimum atomic E-state index is -4.12. The SMILES string of the molecule is OC[C@H]1[C@H](c2ccc(C#CC3CC3)cc2)[C@@H]2CN(CCC(F)(F)F)CCCCN12. The normalized spacial score (nSPS) is 28.5. The molecule has 0 bridgehead atoms. The molecule has 4 rings (SSSR count). The maximum absolute atomic E-state index is 12.7. The van der Waals surface area contributed by atoms with Gasteiger partial charge in [-0.3, -0.25) is 4.90 Å². The summed E-state index contributed by atoms with van der Waals surface area (Å²) in [5.41, 5.74) is 2.15. The van der Waals surface area contributed by atoms with E-state index in [-0.39, 0.29) is 31.2 Å². The van der Waals surface area contributed by atoms with E-state index in [0.717, 1.165) is 30.5 Å². The van der Waals surface area contributed by atoms with Crippen molar-refractivity contribution in [3.05, 3.63) is 35.4 Å². The molecule has 3 aliphatic rings. The quantitative estimate of drug-likeness (QED) is 0.774. The summed E-state index contributed by atoms with van der Waals surface area (Å²) in [4.78, 5) is 4.26. The fourth-order valence-electron chi connectivity index (χ4n) is 4.70. The van der Waals surface area contributed by atoms with E-state index in [1.165, 1.54) is 12.8 Å². The van der Waals surface area contributed by atoms with Crippen molar-refractivity contribution in [2.45, 2.75) is 56.3 Å². The molecule has 1 aromatic rings. The third-order valence-corrected chi connectivity index (χ3v) is 6.46. The summed E-state index contributed by atoms with van der Waals surface area (Å²) in [6.45, 7) is 2.38. The van der Waals surface area contributed by atoms with Crippen LogP contribution >= 0.6 is 0 Å². The predicted octanol–water partition coefficient (Wildman–Crippen LogP) is 3.63. The van der Waals surface area contributed by atoms with Gasteiger partial charge in [0.15, 0.2) is 0 Å². The van der Waals surface area contributed by atoms with Crippen LogP contribution in [0.5, 0.6) is 0 Å². The molecule has 3 fully saturated rings. The second-order valence-corrected chi connectivity index (χ2v) is 8.62. The average Bonchev–Trinajstić information content (AvgIpc) is 3.49. The molecule has 0 spiro atoms. The lowest BCUT2D eigenvalue weighted by Gasteiger charge is -2.57. The fraction of sp³-hybridized carbons (Fsp3) is 0.652. The van der Waals surface area contributed by atoms with Crippen molar-refractivity contribution in [1.29, 1.82) is 0 Å². The van der Waals surface area contributed by atoms with Crippen LogP contribution in [0.15, 0.2) is 24.3 Å². The van der Waals surface area contributed by atoms with Crippen molar-refractivity contribution in [2.75, 3.05) is 32.8 Å². The lowest BCUT2D eigenvalue weighted by atomic mass is 9.74. The number of aliphatic hydroxyl groups is 1. The molecule has 0 radical (unpaired) electrons. The Hall–Kier alpha value is -1.55. The Morgan fingerprint density at radius 3 is 2.45 bits per heavy atom. The monoisotopic (exact) mass is 406 g/mol. The molecule has 1 N–H and O–H groups in total. The smallest absolute Gasteiger partial charge is 0.390 e. The third-order valence-electron chi connectivity index (χ3n) is 6.46. The van der Waals surface area contributed by atoms with Crippen molar-refractivity contribution >= 4 is 0 Å². The number of benzene rings is 1. The molecule has 3 nitrogen and oxygen atoms in total. The van der Waals surface area contributed by atoms with Gasteiger partial charge in [-0.2, -0.15) is 13.2 Å². The highest BCUT2D eigenvalue weighted by molar-refractivity contribution is 5.39. The van der Waals surface area contributed by atoms with Gasteiger partial charge in [-0.25, -0.2) is 0 Å². The standard InChI is InChI=1S/C23H29F3N2O/c24-23(25,26)11-14-27-12-1-2-13-28-20(15-27)22(21(28)16-29)19-9-7-18(8-10-19)6-5-17-3-4-17/h7-10,17,20-22,29H,1-4,11-16H2/t20-,21-,22+/m0/s1. The van der Waals surface area contributed by atoms with Crippen LogP contribution in [0.3, 0.4) is 0 Å². The van der Waals surface area contributed by atoms with Crippen LogP contribution in [0.25, 0.3) is 0 Å². The second kappa shape index (κ2) is 8.67. The van der Waals surface area contributed by atoms with Gasteiger partial charge in [0.05, 0.1) is 13.0 Å². The van der Waals surface area contributed by atoms with Crippen molar-refractivity contribution in [1.82, 2.24) is 9.80 Å². The number of hydrogen-bond donors (Lipinski definition) is 1. The van der Waals surface area contributed by atoms with E-state index in [0.29, 0.717) is 19.0 Å². The van der Waals surface area contributed by atoms with Crippen LogP contribution < -0.4 is 0 Å². The zero-order chi connectivity index (χ0) is 20.4. The lowest BCUT2D eigenvalue weighted by Crippen LogP contribution is -2.67. The molecule has 1 aliphatic carbocycles. The molecule has 0 aromatic heterocycles. The molecule has 0 amide bonds. The molecule has 1 aromatic carbocycles. The lowest BCUT2D eigenvalue weighted by molar-refractivity contribution is -0.140. The van der Waals surface area contributed by atoms with E-state index in [1.807, 2.05) is 17.0 Å². The van der Waals surface area contributed by atoms with Crippen LogP contribution in [0, 0.1) is 17.8 Å². The zero-order valence-corrected chi connectivity index (χ0v) is 16.7. The highest BCUT2D eigenvalue weighted by Gasteiger charge is 2.49. The fourth-order valence-corrected chi connectivity index (χ4v) is 4.70. The summed E-state index contributed by atoms with van der Waals surface area (Å²) in [7, 11) is 0. The number of hydrogen-bond acceptors (Lipinski definition) is 3. The van der Waals surface area contributed by atoms with Gasteiger partial charge < -0.3 is 10.0 Å². The first kappa shape index (κ1) is 20.7. The highest BCUT2D eigenvalue weighted by atomic mass is 19.4. The Bertz CT molecular complexity index is 748. The molecule has 6 heteroatoms. The van der Waals surface area contributed by atoms with Gasteiger partial charge >= 0.3 is 6.18 Å². The van der Waals surface area contributed by atoms with Crippen molar-refractivity contribution < 1.29 is 18.3 Å². The minimum Gasteiger partial charge on any atom is -0.395 e. The van der Waals surface area contributed by atoms with Crippen LogP contribution in [0.4, 0.5) is 13.2 Å². The van der Waals surface area contributed by atoms with Gasteiger partial charge in [0, 0.05) is 42.6 Å². The van der Waals surface area contributed by atoms with E-state index in [1.54, 1.807) is 0 Å². The summed E-state index contributed by atoms with van der Waals surface area (Å²) in [6.07, 6.45) is -0.619. The number of fused-ring (bicyclic) bond motifs is 1. The topological polar surface area (TPSA) is 26.7 Å². The van der Waals surface area contributed by atoms with Crippen molar-refractivity contribution in [2.24, 2.45) is 5.92 Å². The van der Waals surface area contributed by atoms with Crippen LogP contribution in [-0.4, -0.2) is 66.0 Å². The predicted molar refractivity (Wildman–Crippen MR) is 106 cm³/mol. The molecule has 2 saturated heterocycles. The maximum Gasteiger partial charge on any atom is 0.390 e. The maximum atomic E-state index is 12.7. The van der Waals surface area contributed by atoms with Gasteiger partial charge in [-0.05, 0) is 56.5 Å². The summed E-state index contributed by atoms with van der Waals surface area (Å²) >= 11 is 0. The molecular formula is C23H29F3N2O. The van der Waals surface area contributed by atoms with Gasteiger partial charge in [0.2, 0.25) is 0 Å². The van der Waals surface area contributed by atoms with Crippen molar-refractivity contribution in [3.63, 3.8) is 0 Å². The molecule has 158 valence electrons. The van der Waals surface area contributed by atoms with Gasteiger partial charge in [0.1, 0.15) is 0 Å². The number of nitrogens with zero attached hydrogens (tertiary/aromatic N) is 2. The van der Waals surface area contributed by atoms with Crippen molar-refractivity contribution in [3.8, 4) is 11.8 Å². The molecule has 0 unspecified atom stereocenters. The molecule has 2 heterocycles. The van der Waals surface area contributed by atoms with E-state index < -0.39 is 12.6 Å². The number of rotatable bonds is 4. The molecule has 29 heavy (non-hydrogen) atoms. The summed E-state index contributed by atoms with van der Waals surface area (Å²) in [5.74, 6) is 7.20. The van der Waals surface area contributed by atoms with E-state index in [4.69, 9.17) is 0 Å². The zero-order valence-electron chi connectivity index (χ0n) is 16.7. The Morgan fingerprint density at radius 2 is 1.79 bits per heavy atom. The van der Waals surface area contributed by atoms with Crippen LogP contribution in [-0.2, 0) is 0 Å². The average molecular weight is 406 g/mol. The second-order valence-electron chi connectivity index (χ2n) is 8.62. The first-order valence-electron chi connectivity index (χ1n) is 10.7. The number of halogens is 3. The first-order valence-corrected chi connectivity index (χ1v) is 10.7. The van der Waals surface area contributed by atoms with Gasteiger partial charge in [-0.1, -0.05) is 24.0 Å². The largest absolute Gasteiger partial charge is 0.395 e. The van der Waals surface area contributed by atoms with Crippen LogP contribution in [0.1, 0.15) is 49.1 Å². The minimum absolute atomic E-state index is 0.0472. The van der Waals surface area contributed by atoms with Gasteiger partial charge in [0.25, 0.3) is 0 Å². The number of aliphatic hydroxyl groups excluding tert-OH is 1. The Kier molecular flexibility index (Phi) is 6.19. The van der Waals surface area contributed by atoms with E-state index in [9.17, 15) is 18.3 Å². The molecular weight excluding hydrogens is 377 g/mol.